The van der Waals surface area contributed by atoms with Gasteiger partial charge < -0.3 is 4.74 Å². The van der Waals surface area contributed by atoms with Crippen LogP contribution in [0, 0.1) is 11.3 Å². The summed E-state index contributed by atoms with van der Waals surface area (Å²) < 4.78 is 5.77. The SMILES string of the molecule is CCNC(C)(C#N)CC(C)Oc1ccccc1. The highest BCUT2D eigenvalue weighted by Crippen LogP contribution is 2.17. The highest BCUT2D eigenvalue weighted by atomic mass is 16.5. The fraction of sp³-hybridized carbons (Fsp3) is 0.500. The molecule has 0 bridgehead atoms. The van der Waals surface area contributed by atoms with Crippen LogP contribution >= 0.6 is 0 Å². The van der Waals surface area contributed by atoms with Gasteiger partial charge in [-0.05, 0) is 32.5 Å². The number of rotatable bonds is 6. The Labute approximate surface area is 103 Å². The zero-order valence-electron chi connectivity index (χ0n) is 10.7. The molecule has 0 saturated heterocycles. The van der Waals surface area contributed by atoms with Crippen molar-refractivity contribution in [1.82, 2.24) is 5.32 Å². The maximum atomic E-state index is 9.16. The predicted molar refractivity (Wildman–Crippen MR) is 68.8 cm³/mol. The minimum Gasteiger partial charge on any atom is -0.491 e. The van der Waals surface area contributed by atoms with Gasteiger partial charge in [0.15, 0.2) is 0 Å². The van der Waals surface area contributed by atoms with Gasteiger partial charge in [-0.1, -0.05) is 25.1 Å². The summed E-state index contributed by atoms with van der Waals surface area (Å²) in [7, 11) is 0. The Morgan fingerprint density at radius 2 is 2.06 bits per heavy atom. The van der Waals surface area contributed by atoms with Crippen LogP contribution in [0.3, 0.4) is 0 Å². The Morgan fingerprint density at radius 3 is 2.59 bits per heavy atom. The van der Waals surface area contributed by atoms with Crippen LogP contribution < -0.4 is 10.1 Å². The Balaban J connectivity index is 2.55. The van der Waals surface area contributed by atoms with Crippen molar-refractivity contribution in [2.45, 2.75) is 38.8 Å². The molecule has 1 aromatic carbocycles. The molecule has 2 unspecified atom stereocenters. The first-order valence-electron chi connectivity index (χ1n) is 5.97. The summed E-state index contributed by atoms with van der Waals surface area (Å²) in [6.45, 7) is 6.67. The van der Waals surface area contributed by atoms with Gasteiger partial charge in [0, 0.05) is 6.42 Å². The lowest BCUT2D eigenvalue weighted by Gasteiger charge is -2.26. The molecular weight excluding hydrogens is 212 g/mol. The third-order valence-corrected chi connectivity index (χ3v) is 2.59. The van der Waals surface area contributed by atoms with Crippen LogP contribution in [0.2, 0.25) is 0 Å². The van der Waals surface area contributed by atoms with Crippen LogP contribution in [0.5, 0.6) is 5.75 Å². The molecule has 0 spiro atoms. The largest absolute Gasteiger partial charge is 0.491 e. The molecule has 0 aromatic heterocycles. The molecule has 0 heterocycles. The molecule has 0 amide bonds. The van der Waals surface area contributed by atoms with Crippen molar-refractivity contribution >= 4 is 0 Å². The van der Waals surface area contributed by atoms with E-state index in [4.69, 9.17) is 10.00 Å². The minimum absolute atomic E-state index is 0.00102. The summed E-state index contributed by atoms with van der Waals surface area (Å²) in [5, 5.41) is 12.3. The van der Waals surface area contributed by atoms with Crippen LogP contribution in [0.25, 0.3) is 0 Å². The summed E-state index contributed by atoms with van der Waals surface area (Å²) in [5.74, 6) is 0.844. The average molecular weight is 232 g/mol. The zero-order valence-corrected chi connectivity index (χ0v) is 10.7. The standard InChI is InChI=1S/C14H20N2O/c1-4-16-14(3,11-15)10-12(2)17-13-8-6-5-7-9-13/h5-9,12,16H,4,10H2,1-3H3. The zero-order chi connectivity index (χ0) is 12.7. The molecule has 92 valence electrons. The molecule has 3 nitrogen and oxygen atoms in total. The van der Waals surface area contributed by atoms with Crippen molar-refractivity contribution in [3.8, 4) is 11.8 Å². The van der Waals surface area contributed by atoms with Crippen LogP contribution in [-0.2, 0) is 0 Å². The number of nitrogens with one attached hydrogen (secondary N) is 1. The molecule has 0 aliphatic carbocycles. The first-order valence-corrected chi connectivity index (χ1v) is 5.97. The van der Waals surface area contributed by atoms with E-state index >= 15 is 0 Å². The van der Waals surface area contributed by atoms with E-state index in [9.17, 15) is 0 Å². The minimum atomic E-state index is -0.525. The van der Waals surface area contributed by atoms with Gasteiger partial charge in [0.1, 0.15) is 11.3 Å². The fourth-order valence-corrected chi connectivity index (χ4v) is 1.90. The molecule has 0 fully saturated rings. The van der Waals surface area contributed by atoms with Crippen molar-refractivity contribution in [3.05, 3.63) is 30.3 Å². The molecule has 0 radical (unpaired) electrons. The fourth-order valence-electron chi connectivity index (χ4n) is 1.90. The van der Waals surface area contributed by atoms with E-state index in [0.717, 1.165) is 12.3 Å². The topological polar surface area (TPSA) is 45.0 Å². The summed E-state index contributed by atoms with van der Waals surface area (Å²) >= 11 is 0. The maximum absolute atomic E-state index is 9.16. The van der Waals surface area contributed by atoms with Crippen LogP contribution in [0.15, 0.2) is 30.3 Å². The lowest BCUT2D eigenvalue weighted by atomic mass is 9.96. The molecular formula is C14H20N2O. The smallest absolute Gasteiger partial charge is 0.119 e. The van der Waals surface area contributed by atoms with Crippen LogP contribution in [-0.4, -0.2) is 18.2 Å². The number of ether oxygens (including phenoxy) is 1. The van der Waals surface area contributed by atoms with Gasteiger partial charge in [-0.3, -0.25) is 5.32 Å². The van der Waals surface area contributed by atoms with Gasteiger partial charge in [-0.2, -0.15) is 5.26 Å². The monoisotopic (exact) mass is 232 g/mol. The number of benzene rings is 1. The quantitative estimate of drug-likeness (QED) is 0.820. The number of hydrogen-bond donors (Lipinski definition) is 1. The molecule has 0 saturated carbocycles. The summed E-state index contributed by atoms with van der Waals surface area (Å²) in [5.41, 5.74) is -0.525. The van der Waals surface area contributed by atoms with Gasteiger partial charge >= 0.3 is 0 Å². The van der Waals surface area contributed by atoms with E-state index in [1.165, 1.54) is 0 Å². The van der Waals surface area contributed by atoms with Gasteiger partial charge in [0.25, 0.3) is 0 Å². The first-order chi connectivity index (χ1) is 8.09. The van der Waals surface area contributed by atoms with Gasteiger partial charge in [-0.25, -0.2) is 0 Å². The number of nitrogens with zero attached hydrogens (tertiary/aromatic N) is 1. The molecule has 1 N–H and O–H groups in total. The van der Waals surface area contributed by atoms with Gasteiger partial charge in [0.05, 0.1) is 12.2 Å². The van der Waals surface area contributed by atoms with Crippen molar-refractivity contribution in [2.75, 3.05) is 6.54 Å². The Morgan fingerprint density at radius 1 is 1.41 bits per heavy atom. The molecule has 1 rings (SSSR count). The van der Waals surface area contributed by atoms with Gasteiger partial charge in [0.2, 0.25) is 0 Å². The molecule has 0 aliphatic heterocycles. The second kappa shape index (κ2) is 6.27. The van der Waals surface area contributed by atoms with E-state index in [1.807, 2.05) is 51.1 Å². The van der Waals surface area contributed by atoms with Crippen LogP contribution in [0.4, 0.5) is 0 Å². The van der Waals surface area contributed by atoms with Crippen LogP contribution in [0.1, 0.15) is 27.2 Å². The van der Waals surface area contributed by atoms with E-state index in [0.29, 0.717) is 6.42 Å². The molecule has 2 atom stereocenters. The molecule has 0 aliphatic rings. The van der Waals surface area contributed by atoms with E-state index in [-0.39, 0.29) is 6.10 Å². The summed E-state index contributed by atoms with van der Waals surface area (Å²) in [4.78, 5) is 0. The van der Waals surface area contributed by atoms with E-state index in [2.05, 4.69) is 11.4 Å². The molecule has 17 heavy (non-hydrogen) atoms. The molecule has 1 aromatic rings. The van der Waals surface area contributed by atoms with Crippen molar-refractivity contribution < 1.29 is 4.74 Å². The lowest BCUT2D eigenvalue weighted by Crippen LogP contribution is -2.44. The number of hydrogen-bond acceptors (Lipinski definition) is 3. The second-order valence-electron chi connectivity index (χ2n) is 4.42. The Bertz CT molecular complexity index is 372. The Hall–Kier alpha value is -1.53. The van der Waals surface area contributed by atoms with Crippen molar-refractivity contribution in [3.63, 3.8) is 0 Å². The molecule has 3 heteroatoms. The van der Waals surface area contributed by atoms with Crippen molar-refractivity contribution in [1.29, 1.82) is 5.26 Å². The van der Waals surface area contributed by atoms with E-state index in [1.54, 1.807) is 0 Å². The number of nitriles is 1. The number of para-hydroxylation sites is 1. The average Bonchev–Trinajstić information content (AvgIpc) is 2.30. The summed E-state index contributed by atoms with van der Waals surface area (Å²) in [6, 6.07) is 12.0. The predicted octanol–water partition coefficient (Wildman–Crippen LogP) is 2.74. The highest BCUT2D eigenvalue weighted by Gasteiger charge is 2.25. The normalized spacial score (nSPS) is 15.6. The third kappa shape index (κ3) is 4.46. The second-order valence-corrected chi connectivity index (χ2v) is 4.42. The van der Waals surface area contributed by atoms with Crippen molar-refractivity contribution in [2.24, 2.45) is 0 Å². The summed E-state index contributed by atoms with van der Waals surface area (Å²) in [6.07, 6.45) is 0.660. The first kappa shape index (κ1) is 13.5. The maximum Gasteiger partial charge on any atom is 0.119 e. The lowest BCUT2D eigenvalue weighted by molar-refractivity contribution is 0.180. The third-order valence-electron chi connectivity index (χ3n) is 2.59. The highest BCUT2D eigenvalue weighted by molar-refractivity contribution is 5.21. The van der Waals surface area contributed by atoms with Gasteiger partial charge in [-0.15, -0.1) is 0 Å². The van der Waals surface area contributed by atoms with E-state index < -0.39 is 5.54 Å². The Kier molecular flexibility index (Phi) is 4.99.